The van der Waals surface area contributed by atoms with Crippen LogP contribution in [-0.2, 0) is 0 Å². The summed E-state index contributed by atoms with van der Waals surface area (Å²) in [5.41, 5.74) is 4.00. The summed E-state index contributed by atoms with van der Waals surface area (Å²) in [6.07, 6.45) is 9.10. The zero-order valence-corrected chi connectivity index (χ0v) is 20.5. The maximum Gasteiger partial charge on any atom is 0.123 e. The maximum absolute atomic E-state index is 5.41. The second-order valence-corrected chi connectivity index (χ2v) is 8.03. The number of para-hydroxylation sites is 1. The molecule has 1 aliphatic rings. The Hall–Kier alpha value is -4.19. The van der Waals surface area contributed by atoms with Crippen molar-refractivity contribution in [2.45, 2.75) is 12.5 Å². The Morgan fingerprint density at radius 3 is 1.71 bits per heavy atom. The quantitative estimate of drug-likeness (QED) is 0.379. The van der Waals surface area contributed by atoms with Crippen LogP contribution in [0, 0.1) is 0 Å². The number of benzene rings is 3. The van der Waals surface area contributed by atoms with Crippen molar-refractivity contribution in [1.82, 2.24) is 0 Å². The molecule has 0 spiro atoms. The summed E-state index contributed by atoms with van der Waals surface area (Å²) in [7, 11) is 6.60. The van der Waals surface area contributed by atoms with Gasteiger partial charge in [0.05, 0.1) is 45.9 Å². The van der Waals surface area contributed by atoms with Gasteiger partial charge in [-0.2, -0.15) is 5.10 Å². The van der Waals surface area contributed by atoms with Crippen LogP contribution in [0.1, 0.15) is 17.5 Å². The smallest absolute Gasteiger partial charge is 0.123 e. The molecule has 1 heterocycles. The molecule has 0 radical (unpaired) electrons. The summed E-state index contributed by atoms with van der Waals surface area (Å²) in [6.45, 7) is 0. The van der Waals surface area contributed by atoms with Crippen molar-refractivity contribution in [1.29, 1.82) is 0 Å². The predicted octanol–water partition coefficient (Wildman–Crippen LogP) is 6.08. The number of allylic oxidation sites excluding steroid dienone is 1. The van der Waals surface area contributed by atoms with Crippen LogP contribution >= 0.6 is 0 Å². The second kappa shape index (κ2) is 11.3. The number of hydrogen-bond donors (Lipinski definition) is 0. The third-order valence-electron chi connectivity index (χ3n) is 5.72. The molecular formula is C29H30N2O4. The van der Waals surface area contributed by atoms with Gasteiger partial charge in [0, 0.05) is 18.6 Å². The SMILES string of the molecule is COc1cc(C=CC2=NN(c3ccccc3)C(C=Cc3cc(OC)cc(OC)c3)C2)cc(OC)c1. The third kappa shape index (κ3) is 6.03. The largest absolute Gasteiger partial charge is 0.497 e. The van der Waals surface area contributed by atoms with E-state index in [-0.39, 0.29) is 6.04 Å². The van der Waals surface area contributed by atoms with E-state index in [0.29, 0.717) is 0 Å². The van der Waals surface area contributed by atoms with E-state index < -0.39 is 0 Å². The van der Waals surface area contributed by atoms with Crippen LogP contribution < -0.4 is 24.0 Å². The van der Waals surface area contributed by atoms with Crippen LogP contribution in [0.5, 0.6) is 23.0 Å². The van der Waals surface area contributed by atoms with Crippen LogP contribution in [-0.4, -0.2) is 40.2 Å². The van der Waals surface area contributed by atoms with E-state index in [2.05, 4.69) is 29.3 Å². The lowest BCUT2D eigenvalue weighted by atomic mass is 10.1. The minimum Gasteiger partial charge on any atom is -0.497 e. The van der Waals surface area contributed by atoms with Gasteiger partial charge in [-0.3, -0.25) is 5.01 Å². The van der Waals surface area contributed by atoms with Crippen LogP contribution in [0.15, 0.2) is 84.0 Å². The van der Waals surface area contributed by atoms with Gasteiger partial charge in [0.1, 0.15) is 23.0 Å². The lowest BCUT2D eigenvalue weighted by molar-refractivity contribution is 0.394. The van der Waals surface area contributed by atoms with Gasteiger partial charge in [-0.25, -0.2) is 0 Å². The average molecular weight is 471 g/mol. The first kappa shape index (κ1) is 24.0. The fraction of sp³-hybridized carbons (Fsp3) is 0.207. The highest BCUT2D eigenvalue weighted by Crippen LogP contribution is 2.29. The molecule has 0 aromatic heterocycles. The molecule has 1 unspecified atom stereocenters. The average Bonchev–Trinajstić information content (AvgIpc) is 3.33. The van der Waals surface area contributed by atoms with Crippen molar-refractivity contribution in [3.63, 3.8) is 0 Å². The highest BCUT2D eigenvalue weighted by atomic mass is 16.5. The number of rotatable bonds is 9. The zero-order valence-electron chi connectivity index (χ0n) is 20.5. The molecule has 6 nitrogen and oxygen atoms in total. The fourth-order valence-electron chi connectivity index (χ4n) is 3.90. The van der Waals surface area contributed by atoms with Gasteiger partial charge in [-0.05, 0) is 53.6 Å². The van der Waals surface area contributed by atoms with Gasteiger partial charge in [0.25, 0.3) is 0 Å². The van der Waals surface area contributed by atoms with Gasteiger partial charge in [-0.15, -0.1) is 0 Å². The monoisotopic (exact) mass is 470 g/mol. The molecule has 0 saturated carbocycles. The molecule has 3 aromatic carbocycles. The first-order chi connectivity index (χ1) is 17.1. The Labute approximate surface area is 206 Å². The number of methoxy groups -OCH3 is 4. The van der Waals surface area contributed by atoms with Gasteiger partial charge >= 0.3 is 0 Å². The van der Waals surface area contributed by atoms with Gasteiger partial charge < -0.3 is 18.9 Å². The van der Waals surface area contributed by atoms with Crippen molar-refractivity contribution in [3.8, 4) is 23.0 Å². The highest BCUT2D eigenvalue weighted by molar-refractivity contribution is 6.01. The number of ether oxygens (including phenoxy) is 4. The first-order valence-electron chi connectivity index (χ1n) is 11.4. The van der Waals surface area contributed by atoms with Gasteiger partial charge in [0.2, 0.25) is 0 Å². The molecule has 0 N–H and O–H groups in total. The molecule has 4 rings (SSSR count). The Balaban J connectivity index is 1.60. The molecule has 0 amide bonds. The topological polar surface area (TPSA) is 52.5 Å². The van der Waals surface area contributed by atoms with E-state index >= 15 is 0 Å². The van der Waals surface area contributed by atoms with Crippen LogP contribution in [0.4, 0.5) is 5.69 Å². The molecule has 0 saturated heterocycles. The lowest BCUT2D eigenvalue weighted by Crippen LogP contribution is -2.23. The minimum absolute atomic E-state index is 0.0640. The van der Waals surface area contributed by atoms with Crippen molar-refractivity contribution in [2.75, 3.05) is 33.4 Å². The maximum atomic E-state index is 5.41. The molecule has 3 aromatic rings. The summed E-state index contributed by atoms with van der Waals surface area (Å²) in [5.74, 6) is 3.00. The van der Waals surface area contributed by atoms with Crippen LogP contribution in [0.3, 0.4) is 0 Å². The Morgan fingerprint density at radius 1 is 0.686 bits per heavy atom. The normalized spacial score (nSPS) is 15.5. The molecule has 180 valence electrons. The van der Waals surface area contributed by atoms with Crippen molar-refractivity contribution in [3.05, 3.63) is 90.0 Å². The number of nitrogens with zero attached hydrogens (tertiary/aromatic N) is 2. The standard InChI is InChI=1S/C29H30N2O4/c1-32-26-14-21(15-27(19-26)33-2)10-12-23-18-25(31(30-23)24-8-6-5-7-9-24)13-11-22-16-28(34-3)20-29(17-22)35-4/h5-17,19-20,25H,18H2,1-4H3. The minimum atomic E-state index is 0.0640. The van der Waals surface area contributed by atoms with Gasteiger partial charge in [0.15, 0.2) is 0 Å². The fourth-order valence-corrected chi connectivity index (χ4v) is 3.90. The molecule has 1 aliphatic heterocycles. The van der Waals surface area contributed by atoms with Crippen LogP contribution in [0.25, 0.3) is 12.2 Å². The summed E-state index contributed by atoms with van der Waals surface area (Å²) in [5, 5.41) is 6.98. The molecule has 0 aliphatic carbocycles. The lowest BCUT2D eigenvalue weighted by Gasteiger charge is -2.20. The second-order valence-electron chi connectivity index (χ2n) is 8.03. The third-order valence-corrected chi connectivity index (χ3v) is 5.72. The van der Waals surface area contributed by atoms with Crippen molar-refractivity contribution < 1.29 is 18.9 Å². The van der Waals surface area contributed by atoms with E-state index in [9.17, 15) is 0 Å². The molecule has 1 atom stereocenters. The number of hydrogen-bond acceptors (Lipinski definition) is 6. The van der Waals surface area contributed by atoms with Crippen molar-refractivity contribution in [2.24, 2.45) is 5.10 Å². The summed E-state index contributed by atoms with van der Waals surface area (Å²) in [4.78, 5) is 0. The van der Waals surface area contributed by atoms with E-state index in [1.165, 1.54) is 0 Å². The zero-order chi connectivity index (χ0) is 24.6. The van der Waals surface area contributed by atoms with E-state index in [0.717, 1.165) is 51.9 Å². The summed E-state index contributed by atoms with van der Waals surface area (Å²) >= 11 is 0. The Bertz CT molecular complexity index is 1190. The molecule has 6 heteroatoms. The van der Waals surface area contributed by atoms with E-state index in [1.807, 2.05) is 66.7 Å². The summed E-state index contributed by atoms with van der Waals surface area (Å²) in [6, 6.07) is 21.9. The number of anilines is 1. The first-order valence-corrected chi connectivity index (χ1v) is 11.4. The van der Waals surface area contributed by atoms with Crippen molar-refractivity contribution >= 4 is 23.6 Å². The van der Waals surface area contributed by atoms with E-state index in [4.69, 9.17) is 24.0 Å². The Kier molecular flexibility index (Phi) is 7.73. The van der Waals surface area contributed by atoms with E-state index in [1.54, 1.807) is 28.4 Å². The predicted molar refractivity (Wildman–Crippen MR) is 142 cm³/mol. The highest BCUT2D eigenvalue weighted by Gasteiger charge is 2.24. The Morgan fingerprint density at radius 2 is 1.20 bits per heavy atom. The molecular weight excluding hydrogens is 440 g/mol. The molecule has 0 bridgehead atoms. The summed E-state index contributed by atoms with van der Waals surface area (Å²) < 4.78 is 21.6. The van der Waals surface area contributed by atoms with Gasteiger partial charge in [-0.1, -0.05) is 36.4 Å². The molecule has 0 fully saturated rings. The molecule has 35 heavy (non-hydrogen) atoms. The van der Waals surface area contributed by atoms with Crippen LogP contribution in [0.2, 0.25) is 0 Å². The number of hydrazone groups is 1.